The summed E-state index contributed by atoms with van der Waals surface area (Å²) in [6, 6.07) is 0. The van der Waals surface area contributed by atoms with Gasteiger partial charge >= 0.3 is 12.1 Å². The minimum atomic E-state index is -4.18. The smallest absolute Gasteiger partial charge is 0.414 e. The first-order valence-electron chi connectivity index (χ1n) is 12.2. The number of aliphatic imine (C=N–C) groups is 1. The monoisotopic (exact) mass is 557 g/mol. The number of guanidine groups is 1. The lowest BCUT2D eigenvalue weighted by Crippen LogP contribution is -2.46. The van der Waals surface area contributed by atoms with E-state index in [-0.39, 0.29) is 37.2 Å². The largest absolute Gasteiger partial charge is 0.487 e. The molecule has 0 bridgehead atoms. The molecule has 38 heavy (non-hydrogen) atoms. The zero-order valence-corrected chi connectivity index (χ0v) is 24.1. The van der Waals surface area contributed by atoms with Crippen molar-refractivity contribution in [2.45, 2.75) is 77.9 Å². The topological polar surface area (TPSA) is 162 Å². The Kier molecular flexibility index (Phi) is 10.1. The van der Waals surface area contributed by atoms with Gasteiger partial charge in [0, 0.05) is 12.0 Å². The second-order valence-electron chi connectivity index (χ2n) is 10.6. The molecule has 2 rings (SSSR count). The third-order valence-corrected chi connectivity index (χ3v) is 7.13. The first-order valence-corrected chi connectivity index (χ1v) is 13.7. The molecule has 0 fully saturated rings. The number of alkyl carbamates (subject to hydrolysis) is 1. The predicted octanol–water partition coefficient (Wildman–Crippen LogP) is 2.60. The molecule has 1 heterocycles. The van der Waals surface area contributed by atoms with Crippen molar-refractivity contribution < 1.29 is 42.1 Å². The highest BCUT2D eigenvalue weighted by molar-refractivity contribution is 7.90. The van der Waals surface area contributed by atoms with Crippen LogP contribution in [-0.4, -0.2) is 75.7 Å². The van der Waals surface area contributed by atoms with Gasteiger partial charge in [0.1, 0.15) is 23.6 Å². The Balaban J connectivity index is 2.25. The standard InChI is InChI=1S/C25H39N3O9S/c1-15-16(2)21(17(3)18-13-25(7,8)36-20(15)18)38(32,33)28-22(27-23(31)37-24(4,5)6)26-9-10-34-11-12-35-14-19(29)30/h9-14H2,1-8H3,(H,29,30)(H2,26,27,28,31). The zero-order valence-electron chi connectivity index (χ0n) is 23.3. The van der Waals surface area contributed by atoms with Crippen LogP contribution in [0.2, 0.25) is 0 Å². The van der Waals surface area contributed by atoms with E-state index in [2.05, 4.69) is 15.0 Å². The van der Waals surface area contributed by atoms with E-state index in [1.165, 1.54) is 0 Å². The number of carboxylic acid groups (broad SMARTS) is 1. The zero-order chi connectivity index (χ0) is 28.9. The molecule has 0 spiro atoms. The Hall–Kier alpha value is -2.90. The van der Waals surface area contributed by atoms with Crippen LogP contribution in [0.15, 0.2) is 9.89 Å². The summed E-state index contributed by atoms with van der Waals surface area (Å²) in [5.41, 5.74) is 1.40. The molecule has 214 valence electrons. The number of fused-ring (bicyclic) bond motifs is 1. The lowest BCUT2D eigenvalue weighted by molar-refractivity contribution is -0.142. The van der Waals surface area contributed by atoms with Crippen LogP contribution in [0, 0.1) is 20.8 Å². The third-order valence-electron chi connectivity index (χ3n) is 5.51. The number of carbonyl (C=O) groups is 2. The van der Waals surface area contributed by atoms with Gasteiger partial charge in [0.2, 0.25) is 5.96 Å². The maximum Gasteiger partial charge on any atom is 0.414 e. The highest BCUT2D eigenvalue weighted by atomic mass is 32.2. The van der Waals surface area contributed by atoms with Crippen LogP contribution in [0.4, 0.5) is 4.79 Å². The molecule has 1 aliphatic heterocycles. The van der Waals surface area contributed by atoms with Crippen LogP contribution < -0.4 is 14.8 Å². The fourth-order valence-electron chi connectivity index (χ4n) is 3.93. The third kappa shape index (κ3) is 8.84. The highest BCUT2D eigenvalue weighted by Crippen LogP contribution is 2.43. The van der Waals surface area contributed by atoms with Gasteiger partial charge in [-0.2, -0.15) is 0 Å². The Labute approximate surface area is 224 Å². The van der Waals surface area contributed by atoms with Crippen molar-refractivity contribution in [3.8, 4) is 5.75 Å². The lowest BCUT2D eigenvalue weighted by atomic mass is 9.94. The van der Waals surface area contributed by atoms with E-state index in [4.69, 9.17) is 24.1 Å². The molecular formula is C25H39N3O9S. The van der Waals surface area contributed by atoms with Gasteiger partial charge in [0.25, 0.3) is 10.0 Å². The summed E-state index contributed by atoms with van der Waals surface area (Å²) in [6.45, 7) is 14.0. The van der Waals surface area contributed by atoms with Gasteiger partial charge in [-0.15, -0.1) is 0 Å². The molecule has 0 aliphatic carbocycles. The maximum atomic E-state index is 13.6. The van der Waals surface area contributed by atoms with Gasteiger partial charge in [0.15, 0.2) is 0 Å². The summed E-state index contributed by atoms with van der Waals surface area (Å²) in [4.78, 5) is 27.1. The van der Waals surface area contributed by atoms with Crippen LogP contribution in [0.3, 0.4) is 0 Å². The van der Waals surface area contributed by atoms with Crippen LogP contribution in [0.1, 0.15) is 56.9 Å². The number of nitrogens with one attached hydrogen (secondary N) is 2. The molecule has 1 amide bonds. The second-order valence-corrected chi connectivity index (χ2v) is 12.2. The van der Waals surface area contributed by atoms with Gasteiger partial charge in [-0.3, -0.25) is 5.32 Å². The van der Waals surface area contributed by atoms with E-state index in [1.54, 1.807) is 34.6 Å². The van der Waals surface area contributed by atoms with Crippen molar-refractivity contribution in [3.05, 3.63) is 22.3 Å². The number of hydrogen-bond donors (Lipinski definition) is 3. The van der Waals surface area contributed by atoms with Gasteiger partial charge < -0.3 is 24.1 Å². The minimum absolute atomic E-state index is 0.00418. The molecular weight excluding hydrogens is 518 g/mol. The molecule has 1 aromatic carbocycles. The van der Waals surface area contributed by atoms with Crippen LogP contribution >= 0.6 is 0 Å². The van der Waals surface area contributed by atoms with Crippen molar-refractivity contribution in [2.75, 3.05) is 33.0 Å². The number of amides is 1. The summed E-state index contributed by atoms with van der Waals surface area (Å²) in [5, 5.41) is 10.9. The molecule has 13 heteroatoms. The van der Waals surface area contributed by atoms with Gasteiger partial charge in [0.05, 0.1) is 31.3 Å². The van der Waals surface area contributed by atoms with E-state index in [9.17, 15) is 18.0 Å². The second kappa shape index (κ2) is 12.3. The summed E-state index contributed by atoms with van der Waals surface area (Å²) in [6.07, 6.45) is -0.321. The van der Waals surface area contributed by atoms with E-state index in [0.717, 1.165) is 11.1 Å². The summed E-state index contributed by atoms with van der Waals surface area (Å²) >= 11 is 0. The number of benzene rings is 1. The van der Waals surface area contributed by atoms with E-state index >= 15 is 0 Å². The Morgan fingerprint density at radius 2 is 1.68 bits per heavy atom. The molecule has 12 nitrogen and oxygen atoms in total. The van der Waals surface area contributed by atoms with Gasteiger partial charge in [-0.05, 0) is 72.1 Å². The van der Waals surface area contributed by atoms with Crippen LogP contribution in [0.25, 0.3) is 0 Å². The number of hydrogen-bond acceptors (Lipinski definition) is 9. The average molecular weight is 558 g/mol. The van der Waals surface area contributed by atoms with Crippen molar-refractivity contribution >= 4 is 28.0 Å². The summed E-state index contributed by atoms with van der Waals surface area (Å²) in [5.74, 6) is -0.701. The minimum Gasteiger partial charge on any atom is -0.487 e. The summed E-state index contributed by atoms with van der Waals surface area (Å²) < 4.78 is 51.1. The maximum absolute atomic E-state index is 13.6. The fourth-order valence-corrected chi connectivity index (χ4v) is 5.48. The fraction of sp³-hybridized carbons (Fsp3) is 0.640. The number of aliphatic carboxylic acids is 1. The number of nitrogens with zero attached hydrogens (tertiary/aromatic N) is 1. The lowest BCUT2D eigenvalue weighted by Gasteiger charge is -2.21. The van der Waals surface area contributed by atoms with Crippen LogP contribution in [-0.2, 0) is 35.4 Å². The van der Waals surface area contributed by atoms with Gasteiger partial charge in [-0.25, -0.2) is 27.7 Å². The number of carboxylic acids is 1. The average Bonchev–Trinajstić information content (AvgIpc) is 3.08. The quantitative estimate of drug-likeness (QED) is 0.223. The highest BCUT2D eigenvalue weighted by Gasteiger charge is 2.37. The summed E-state index contributed by atoms with van der Waals surface area (Å²) in [7, 11) is -4.18. The van der Waals surface area contributed by atoms with E-state index in [1.807, 2.05) is 20.8 Å². The molecule has 0 saturated heterocycles. The molecule has 3 N–H and O–H groups in total. The van der Waals surface area contributed by atoms with Crippen molar-refractivity contribution in [1.82, 2.24) is 10.0 Å². The normalized spacial score (nSPS) is 15.0. The van der Waals surface area contributed by atoms with Crippen molar-refractivity contribution in [1.29, 1.82) is 0 Å². The van der Waals surface area contributed by atoms with E-state index in [0.29, 0.717) is 23.3 Å². The van der Waals surface area contributed by atoms with E-state index < -0.39 is 39.9 Å². The Bertz CT molecular complexity index is 1190. The van der Waals surface area contributed by atoms with Gasteiger partial charge in [-0.1, -0.05) is 0 Å². The number of carbonyl (C=O) groups excluding carboxylic acids is 1. The van der Waals surface area contributed by atoms with Crippen molar-refractivity contribution in [2.24, 2.45) is 4.99 Å². The molecule has 1 aromatic rings. The number of rotatable bonds is 10. The molecule has 1 aliphatic rings. The number of sulfonamides is 1. The molecule has 0 saturated carbocycles. The molecule has 0 unspecified atom stereocenters. The Morgan fingerprint density at radius 1 is 1.05 bits per heavy atom. The van der Waals surface area contributed by atoms with Crippen LogP contribution in [0.5, 0.6) is 5.75 Å². The SMILES string of the molecule is Cc1c(C)c(S(=O)(=O)NC(=NCCOCCOCC(=O)O)NC(=O)OC(C)(C)C)c(C)c2c1OC(C)(C)C2. The molecule has 0 aromatic heterocycles. The predicted molar refractivity (Wildman–Crippen MR) is 140 cm³/mol. The Morgan fingerprint density at radius 3 is 2.29 bits per heavy atom. The number of ether oxygens (including phenoxy) is 4. The molecule has 0 atom stereocenters. The van der Waals surface area contributed by atoms with Crippen molar-refractivity contribution in [3.63, 3.8) is 0 Å². The first-order chi connectivity index (χ1) is 17.4. The first kappa shape index (κ1) is 31.3. The molecule has 0 radical (unpaired) electrons.